The van der Waals surface area contributed by atoms with E-state index in [1.54, 1.807) is 0 Å². The average molecular weight is 781 g/mol. The molecule has 0 spiro atoms. The zero-order chi connectivity index (χ0) is 40.2. The SMILES string of the molecule is C[C@H]1[C@H](C)CC[C@]2(C(=O)O)CC[C@]3(C)C(=CC[C@@H]4[C@@]5(C)CC[C@H](O[C@@H]6O[C@H](CO)[C@H](O)[C@H](O)[C@H]6O[C@@H]6O[C@H](CO)[C@H](O)[C@H](O)[C@H]6O)C(C)(C)[C@@H]5CC[C@]43C)[C@H]12. The normalized spacial score (nSPS) is 54.9. The molecular formula is C42H68O13. The van der Waals surface area contributed by atoms with E-state index in [9.17, 15) is 45.6 Å². The van der Waals surface area contributed by atoms with Gasteiger partial charge < -0.3 is 59.8 Å². The molecule has 0 aromatic carbocycles. The predicted octanol–water partition coefficient (Wildman–Crippen LogP) is 2.74. The van der Waals surface area contributed by atoms with Gasteiger partial charge in [0, 0.05) is 0 Å². The summed E-state index contributed by atoms with van der Waals surface area (Å²) in [5, 5.41) is 84.1. The maximum atomic E-state index is 13.1. The Kier molecular flexibility index (Phi) is 11.0. The monoisotopic (exact) mass is 780 g/mol. The summed E-state index contributed by atoms with van der Waals surface area (Å²) in [6.07, 6.45) is -5.26. The fraction of sp³-hybridized carbons (Fsp3) is 0.929. The van der Waals surface area contributed by atoms with Gasteiger partial charge in [0.25, 0.3) is 0 Å². The van der Waals surface area contributed by atoms with E-state index in [1.807, 2.05) is 0 Å². The highest BCUT2D eigenvalue weighted by Gasteiger charge is 2.70. The summed E-state index contributed by atoms with van der Waals surface area (Å²) in [6, 6.07) is 0. The molecule has 2 heterocycles. The van der Waals surface area contributed by atoms with Crippen molar-refractivity contribution < 1.29 is 64.6 Å². The Bertz CT molecular complexity index is 1470. The number of aliphatic carboxylic acids is 1. The van der Waals surface area contributed by atoms with Crippen LogP contribution in [0.25, 0.3) is 0 Å². The first-order chi connectivity index (χ1) is 25.7. The summed E-state index contributed by atoms with van der Waals surface area (Å²) in [5.41, 5.74) is 0.113. The predicted molar refractivity (Wildman–Crippen MR) is 198 cm³/mol. The fourth-order valence-corrected chi connectivity index (χ4v) is 13.9. The molecule has 7 aliphatic rings. The molecule has 13 heteroatoms. The van der Waals surface area contributed by atoms with Gasteiger partial charge in [-0.1, -0.05) is 60.1 Å². The van der Waals surface area contributed by atoms with Crippen molar-refractivity contribution in [1.29, 1.82) is 0 Å². The van der Waals surface area contributed by atoms with Gasteiger partial charge in [0.1, 0.15) is 48.8 Å². The molecule has 0 unspecified atom stereocenters. The minimum absolute atomic E-state index is 0.0252. The van der Waals surface area contributed by atoms with E-state index in [-0.39, 0.29) is 34.2 Å². The van der Waals surface area contributed by atoms with Crippen LogP contribution in [0.2, 0.25) is 0 Å². The molecule has 2 saturated heterocycles. The smallest absolute Gasteiger partial charge is 0.310 e. The Morgan fingerprint density at radius 1 is 0.745 bits per heavy atom. The molecule has 0 radical (unpaired) electrons. The van der Waals surface area contributed by atoms with Crippen LogP contribution in [0, 0.1) is 56.7 Å². The van der Waals surface area contributed by atoms with E-state index < -0.39 is 91.4 Å². The molecule has 0 bridgehead atoms. The molecule has 0 aromatic heterocycles. The van der Waals surface area contributed by atoms with E-state index in [2.05, 4.69) is 54.5 Å². The molecule has 20 atom stereocenters. The fourth-order valence-electron chi connectivity index (χ4n) is 13.9. The van der Waals surface area contributed by atoms with Crippen LogP contribution in [-0.2, 0) is 23.7 Å². The Balaban J connectivity index is 1.15. The molecule has 314 valence electrons. The summed E-state index contributed by atoms with van der Waals surface area (Å²) in [7, 11) is 0. The summed E-state index contributed by atoms with van der Waals surface area (Å²) < 4.78 is 24.4. The van der Waals surface area contributed by atoms with E-state index in [4.69, 9.17) is 18.9 Å². The number of fused-ring (bicyclic) bond motifs is 7. The number of hydrogen-bond acceptors (Lipinski definition) is 12. The topological polar surface area (TPSA) is 216 Å². The van der Waals surface area contributed by atoms with Crippen molar-refractivity contribution >= 4 is 5.97 Å². The lowest BCUT2D eigenvalue weighted by Crippen LogP contribution is -2.67. The van der Waals surface area contributed by atoms with Crippen LogP contribution in [0.15, 0.2) is 11.6 Å². The van der Waals surface area contributed by atoms with Crippen molar-refractivity contribution in [2.45, 2.75) is 174 Å². The van der Waals surface area contributed by atoms with Crippen LogP contribution in [-0.4, -0.2) is 128 Å². The number of aliphatic hydroxyl groups excluding tert-OH is 7. The van der Waals surface area contributed by atoms with Crippen LogP contribution < -0.4 is 0 Å². The van der Waals surface area contributed by atoms with Crippen LogP contribution in [0.1, 0.15) is 106 Å². The highest BCUT2D eigenvalue weighted by atomic mass is 16.8. The van der Waals surface area contributed by atoms with E-state index in [0.717, 1.165) is 44.9 Å². The van der Waals surface area contributed by atoms with Crippen LogP contribution in [0.5, 0.6) is 0 Å². The second-order valence-electron chi connectivity index (χ2n) is 20.1. The Hall–Kier alpha value is -1.23. The van der Waals surface area contributed by atoms with Gasteiger partial charge in [0.05, 0.1) is 24.7 Å². The second kappa shape index (κ2) is 14.5. The first kappa shape index (κ1) is 41.9. The van der Waals surface area contributed by atoms with E-state index in [1.165, 1.54) is 5.57 Å². The Morgan fingerprint density at radius 3 is 2.02 bits per heavy atom. The highest BCUT2D eigenvalue weighted by Crippen LogP contribution is 2.76. The van der Waals surface area contributed by atoms with Gasteiger partial charge in [-0.2, -0.15) is 0 Å². The number of carbonyl (C=O) groups is 1. The van der Waals surface area contributed by atoms with Crippen molar-refractivity contribution in [3.63, 3.8) is 0 Å². The summed E-state index contributed by atoms with van der Waals surface area (Å²) in [6.45, 7) is 15.1. The lowest BCUT2D eigenvalue weighted by Gasteiger charge is -2.71. The summed E-state index contributed by atoms with van der Waals surface area (Å²) in [5.74, 6) is 0.797. The molecule has 4 saturated carbocycles. The quantitative estimate of drug-likeness (QED) is 0.138. The van der Waals surface area contributed by atoms with Gasteiger partial charge in [-0.25, -0.2) is 0 Å². The van der Waals surface area contributed by atoms with Gasteiger partial charge in [-0.3, -0.25) is 4.79 Å². The number of carboxylic acid groups (broad SMARTS) is 1. The molecule has 0 aromatic rings. The number of rotatable bonds is 7. The van der Waals surface area contributed by atoms with E-state index >= 15 is 0 Å². The van der Waals surface area contributed by atoms with Crippen molar-refractivity contribution in [1.82, 2.24) is 0 Å². The van der Waals surface area contributed by atoms with Crippen LogP contribution in [0.3, 0.4) is 0 Å². The second-order valence-corrected chi connectivity index (χ2v) is 20.1. The molecule has 7 rings (SSSR count). The summed E-state index contributed by atoms with van der Waals surface area (Å²) in [4.78, 5) is 13.1. The van der Waals surface area contributed by atoms with Crippen molar-refractivity contribution in [2.75, 3.05) is 13.2 Å². The maximum Gasteiger partial charge on any atom is 0.310 e. The molecule has 6 fully saturated rings. The zero-order valence-electron chi connectivity index (χ0n) is 33.7. The standard InChI is InChI=1S/C42H68O13/c1-20-10-15-42(37(50)51)17-16-40(6)22(28(42)21(20)2)8-9-26-39(5)13-12-27(38(3,4)25(39)11-14-41(26,40)7)54-36-34(32(48)30(46)24(19-44)53-36)55-35-33(49)31(47)29(45)23(18-43)52-35/h8,20-21,23-36,43-49H,9-19H2,1-7H3,(H,50,51)/t20-,21+,23-,24-,25+,26-,27+,28+,29+,30+,31+,32+,33-,34-,35+,36+,39+,40-,41-,42+/m1/s1. The Labute approximate surface area is 325 Å². The van der Waals surface area contributed by atoms with Crippen LogP contribution >= 0.6 is 0 Å². The van der Waals surface area contributed by atoms with E-state index in [0.29, 0.717) is 30.6 Å². The van der Waals surface area contributed by atoms with Crippen molar-refractivity contribution in [3.8, 4) is 0 Å². The zero-order valence-corrected chi connectivity index (χ0v) is 33.7. The largest absolute Gasteiger partial charge is 0.481 e. The number of aliphatic hydroxyl groups is 7. The molecule has 13 nitrogen and oxygen atoms in total. The van der Waals surface area contributed by atoms with Crippen molar-refractivity contribution in [2.24, 2.45) is 56.7 Å². The van der Waals surface area contributed by atoms with Gasteiger partial charge in [0.2, 0.25) is 0 Å². The van der Waals surface area contributed by atoms with Crippen molar-refractivity contribution in [3.05, 3.63) is 11.6 Å². The minimum Gasteiger partial charge on any atom is -0.481 e. The third kappa shape index (κ3) is 6.06. The third-order valence-electron chi connectivity index (χ3n) is 17.6. The number of carboxylic acids is 1. The maximum absolute atomic E-state index is 13.1. The van der Waals surface area contributed by atoms with Gasteiger partial charge in [-0.15, -0.1) is 0 Å². The molecular weight excluding hydrogens is 712 g/mol. The lowest BCUT2D eigenvalue weighted by molar-refractivity contribution is -0.378. The van der Waals surface area contributed by atoms with Crippen LogP contribution in [0.4, 0.5) is 0 Å². The van der Waals surface area contributed by atoms with Gasteiger partial charge in [0.15, 0.2) is 12.6 Å². The van der Waals surface area contributed by atoms with Gasteiger partial charge in [-0.05, 0) is 109 Å². The molecule has 55 heavy (non-hydrogen) atoms. The lowest BCUT2D eigenvalue weighted by atomic mass is 9.33. The number of hydrogen-bond donors (Lipinski definition) is 8. The molecule has 2 aliphatic heterocycles. The summed E-state index contributed by atoms with van der Waals surface area (Å²) >= 11 is 0. The molecule has 5 aliphatic carbocycles. The average Bonchev–Trinajstić information content (AvgIpc) is 3.13. The highest BCUT2D eigenvalue weighted by molar-refractivity contribution is 5.76. The first-order valence-corrected chi connectivity index (χ1v) is 20.9. The molecule has 8 N–H and O–H groups in total. The minimum atomic E-state index is -1.75. The molecule has 0 amide bonds. The Morgan fingerprint density at radius 2 is 1.38 bits per heavy atom. The number of allylic oxidation sites excluding steroid dienone is 2. The third-order valence-corrected chi connectivity index (χ3v) is 17.6. The van der Waals surface area contributed by atoms with Gasteiger partial charge >= 0.3 is 5.97 Å². The first-order valence-electron chi connectivity index (χ1n) is 20.9. The number of ether oxygens (including phenoxy) is 4.